The minimum Gasteiger partial charge on any atom is -0.494 e. The van der Waals surface area contributed by atoms with E-state index in [2.05, 4.69) is 21.2 Å². The van der Waals surface area contributed by atoms with Gasteiger partial charge in [-0.2, -0.15) is 5.10 Å². The van der Waals surface area contributed by atoms with Crippen molar-refractivity contribution in [1.82, 2.24) is 5.43 Å². The van der Waals surface area contributed by atoms with Crippen molar-refractivity contribution in [1.29, 1.82) is 0 Å². The number of hydrogen-bond acceptors (Lipinski definition) is 7. The average Bonchev–Trinajstić information content (AvgIpc) is 3.01. The maximum Gasteiger partial charge on any atom is 0.343 e. The molecule has 0 spiro atoms. The fourth-order valence-electron chi connectivity index (χ4n) is 3.80. The summed E-state index contributed by atoms with van der Waals surface area (Å²) in [7, 11) is 0. The van der Waals surface area contributed by atoms with Crippen molar-refractivity contribution < 1.29 is 28.7 Å². The lowest BCUT2D eigenvalue weighted by atomic mass is 10.1. The monoisotopic (exact) mass is 578 g/mol. The summed E-state index contributed by atoms with van der Waals surface area (Å²) in [6, 6.07) is 26.7. The Balaban J connectivity index is 1.28. The van der Waals surface area contributed by atoms with Crippen molar-refractivity contribution in [2.75, 3.05) is 17.2 Å². The van der Waals surface area contributed by atoms with Crippen LogP contribution in [0.3, 0.4) is 0 Å². The van der Waals surface area contributed by atoms with E-state index < -0.39 is 23.7 Å². The molecule has 0 aliphatic rings. The van der Waals surface area contributed by atoms with Crippen molar-refractivity contribution in [3.8, 4) is 11.5 Å². The SMILES string of the molecule is CCCOc1ccc(C(=O)Oc2ccc(C=NNC(=O)C(=O)Nc3ccccc3C(=O)Nc3cccc(C)c3)cc2)cc1. The van der Waals surface area contributed by atoms with Gasteiger partial charge >= 0.3 is 17.8 Å². The number of ether oxygens (including phenoxy) is 2. The Morgan fingerprint density at radius 2 is 1.51 bits per heavy atom. The van der Waals surface area contributed by atoms with Crippen LogP contribution in [0.15, 0.2) is 102 Å². The Bertz CT molecular complexity index is 1630. The van der Waals surface area contributed by atoms with Crippen molar-refractivity contribution in [2.24, 2.45) is 5.10 Å². The minimum atomic E-state index is -1.03. The molecule has 10 nitrogen and oxygen atoms in total. The van der Waals surface area contributed by atoms with E-state index in [0.717, 1.165) is 12.0 Å². The predicted molar refractivity (Wildman–Crippen MR) is 164 cm³/mol. The average molecular weight is 579 g/mol. The molecule has 0 saturated heterocycles. The first-order valence-electron chi connectivity index (χ1n) is 13.5. The normalized spacial score (nSPS) is 10.6. The molecule has 0 aromatic heterocycles. The highest BCUT2D eigenvalue weighted by Gasteiger charge is 2.18. The second kappa shape index (κ2) is 14.7. The van der Waals surface area contributed by atoms with E-state index in [1.807, 2.05) is 32.0 Å². The van der Waals surface area contributed by atoms with Gasteiger partial charge in [0.25, 0.3) is 5.91 Å². The molecule has 0 radical (unpaired) electrons. The molecule has 4 rings (SSSR count). The molecule has 0 bridgehead atoms. The first-order valence-corrected chi connectivity index (χ1v) is 13.5. The summed E-state index contributed by atoms with van der Waals surface area (Å²) in [6.07, 6.45) is 2.22. The molecular weight excluding hydrogens is 548 g/mol. The smallest absolute Gasteiger partial charge is 0.343 e. The molecule has 218 valence electrons. The van der Waals surface area contributed by atoms with Gasteiger partial charge in [-0.25, -0.2) is 10.2 Å². The van der Waals surface area contributed by atoms with Gasteiger partial charge in [0.2, 0.25) is 0 Å². The van der Waals surface area contributed by atoms with E-state index in [-0.39, 0.29) is 11.3 Å². The number of hydrazone groups is 1. The summed E-state index contributed by atoms with van der Waals surface area (Å²) in [6.45, 7) is 4.51. The molecule has 3 N–H and O–H groups in total. The number of esters is 1. The summed E-state index contributed by atoms with van der Waals surface area (Å²) >= 11 is 0. The van der Waals surface area contributed by atoms with Crippen LogP contribution in [-0.4, -0.2) is 36.5 Å². The fourth-order valence-corrected chi connectivity index (χ4v) is 3.80. The maximum atomic E-state index is 12.8. The number of nitrogens with zero attached hydrogens (tertiary/aromatic N) is 1. The Morgan fingerprint density at radius 3 is 2.23 bits per heavy atom. The van der Waals surface area contributed by atoms with Crippen LogP contribution in [0.4, 0.5) is 11.4 Å². The van der Waals surface area contributed by atoms with Crippen LogP contribution in [-0.2, 0) is 9.59 Å². The lowest BCUT2D eigenvalue weighted by Gasteiger charge is -2.11. The number of carbonyl (C=O) groups is 4. The predicted octanol–water partition coefficient (Wildman–Crippen LogP) is 5.34. The zero-order valence-electron chi connectivity index (χ0n) is 23.6. The van der Waals surface area contributed by atoms with Crippen molar-refractivity contribution in [3.63, 3.8) is 0 Å². The van der Waals surface area contributed by atoms with Crippen LogP contribution < -0.4 is 25.5 Å². The molecular formula is C33H30N4O6. The van der Waals surface area contributed by atoms with Gasteiger partial charge in [0.15, 0.2) is 0 Å². The Labute approximate surface area is 248 Å². The topological polar surface area (TPSA) is 135 Å². The van der Waals surface area contributed by atoms with E-state index in [1.54, 1.807) is 66.7 Å². The van der Waals surface area contributed by atoms with Crippen LogP contribution in [0.1, 0.15) is 45.2 Å². The standard InChI is InChI=1S/C33H30N4O6/c1-3-19-42-26-17-13-24(14-18-26)33(41)43-27-15-11-23(12-16-27)21-34-37-32(40)31(39)36-29-10-5-4-9-28(29)30(38)35-25-8-6-7-22(2)20-25/h4-18,20-21H,3,19H2,1-2H3,(H,35,38)(H,36,39)(H,37,40). The molecule has 0 atom stereocenters. The first-order chi connectivity index (χ1) is 20.8. The molecule has 3 amide bonds. The molecule has 0 saturated carbocycles. The summed E-state index contributed by atoms with van der Waals surface area (Å²) < 4.78 is 10.9. The summed E-state index contributed by atoms with van der Waals surface area (Å²) in [5.74, 6) is -1.98. The number of hydrogen-bond donors (Lipinski definition) is 3. The summed E-state index contributed by atoms with van der Waals surface area (Å²) in [5, 5.41) is 9.03. The molecule has 0 unspecified atom stereocenters. The molecule has 10 heteroatoms. The van der Waals surface area contributed by atoms with Gasteiger partial charge in [-0.05, 0) is 97.3 Å². The van der Waals surface area contributed by atoms with Gasteiger partial charge in [-0.1, -0.05) is 31.2 Å². The van der Waals surface area contributed by atoms with E-state index in [0.29, 0.717) is 34.9 Å². The van der Waals surface area contributed by atoms with Crippen molar-refractivity contribution in [3.05, 3.63) is 119 Å². The number of aryl methyl sites for hydroxylation is 1. The molecule has 4 aromatic rings. The summed E-state index contributed by atoms with van der Waals surface area (Å²) in [5.41, 5.74) is 5.05. The highest BCUT2D eigenvalue weighted by Crippen LogP contribution is 2.19. The highest BCUT2D eigenvalue weighted by molar-refractivity contribution is 6.40. The largest absolute Gasteiger partial charge is 0.494 e. The summed E-state index contributed by atoms with van der Waals surface area (Å²) in [4.78, 5) is 50.0. The van der Waals surface area contributed by atoms with Crippen LogP contribution in [0.25, 0.3) is 0 Å². The van der Waals surface area contributed by atoms with Crippen LogP contribution in [0.5, 0.6) is 11.5 Å². The van der Waals surface area contributed by atoms with E-state index >= 15 is 0 Å². The van der Waals surface area contributed by atoms with E-state index in [9.17, 15) is 19.2 Å². The van der Waals surface area contributed by atoms with E-state index in [1.165, 1.54) is 18.3 Å². The zero-order valence-corrected chi connectivity index (χ0v) is 23.6. The Morgan fingerprint density at radius 1 is 0.791 bits per heavy atom. The van der Waals surface area contributed by atoms with E-state index in [4.69, 9.17) is 9.47 Å². The van der Waals surface area contributed by atoms with Gasteiger partial charge in [0, 0.05) is 5.69 Å². The van der Waals surface area contributed by atoms with Crippen LogP contribution >= 0.6 is 0 Å². The second-order valence-corrected chi connectivity index (χ2v) is 9.35. The first kappa shape index (κ1) is 30.2. The number of rotatable bonds is 10. The quantitative estimate of drug-likeness (QED) is 0.0764. The number of benzene rings is 4. The molecule has 0 heterocycles. The van der Waals surface area contributed by atoms with Gasteiger partial charge in [0.05, 0.1) is 29.6 Å². The van der Waals surface area contributed by atoms with Gasteiger partial charge < -0.3 is 20.1 Å². The minimum absolute atomic E-state index is 0.169. The van der Waals surface area contributed by atoms with Gasteiger partial charge in [0.1, 0.15) is 11.5 Å². The molecule has 0 fully saturated rings. The second-order valence-electron chi connectivity index (χ2n) is 9.35. The van der Waals surface area contributed by atoms with Crippen molar-refractivity contribution >= 4 is 41.3 Å². The lowest BCUT2D eigenvalue weighted by Crippen LogP contribution is -2.33. The maximum absolute atomic E-state index is 12.8. The number of anilines is 2. The molecule has 4 aromatic carbocycles. The molecule has 0 aliphatic carbocycles. The number of nitrogens with one attached hydrogen (secondary N) is 3. The number of para-hydroxylation sites is 1. The molecule has 0 aliphatic heterocycles. The number of carbonyl (C=O) groups excluding carboxylic acids is 4. The molecule has 43 heavy (non-hydrogen) atoms. The lowest BCUT2D eigenvalue weighted by molar-refractivity contribution is -0.136. The third-order valence-corrected chi connectivity index (χ3v) is 5.94. The van der Waals surface area contributed by atoms with Crippen LogP contribution in [0.2, 0.25) is 0 Å². The van der Waals surface area contributed by atoms with Crippen LogP contribution in [0, 0.1) is 6.92 Å². The fraction of sp³-hybridized carbons (Fsp3) is 0.121. The highest BCUT2D eigenvalue weighted by atomic mass is 16.5. The number of amides is 3. The third-order valence-electron chi connectivity index (χ3n) is 5.94. The Kier molecular flexibility index (Phi) is 10.4. The Hall–Kier alpha value is -5.77. The van der Waals surface area contributed by atoms with Crippen molar-refractivity contribution in [2.45, 2.75) is 20.3 Å². The zero-order chi connectivity index (χ0) is 30.6. The van der Waals surface area contributed by atoms with Gasteiger partial charge in [-0.3, -0.25) is 14.4 Å². The van der Waals surface area contributed by atoms with Gasteiger partial charge in [-0.15, -0.1) is 0 Å². The third kappa shape index (κ3) is 8.86.